The maximum Gasteiger partial charge on any atom is 0.206 e. The molecule has 6 heteroatoms. The molecule has 0 saturated carbocycles. The molecule has 0 saturated heterocycles. The summed E-state index contributed by atoms with van der Waals surface area (Å²) >= 11 is 8.72. The third-order valence-corrected chi connectivity index (χ3v) is 3.87. The maximum absolute atomic E-state index is 5.53. The van der Waals surface area contributed by atoms with Crippen molar-refractivity contribution in [3.8, 4) is 0 Å². The molecule has 0 bridgehead atoms. The number of aromatic nitrogens is 2. The van der Waals surface area contributed by atoms with Gasteiger partial charge in [-0.15, -0.1) is 10.2 Å². The molecule has 0 radical (unpaired) electrons. The molecule has 0 atom stereocenters. The lowest BCUT2D eigenvalue weighted by atomic mass is 10.4. The van der Waals surface area contributed by atoms with E-state index in [1.807, 2.05) is 14.0 Å². The van der Waals surface area contributed by atoms with E-state index in [2.05, 4.69) is 15.5 Å². The quantitative estimate of drug-likeness (QED) is 0.815. The van der Waals surface area contributed by atoms with Gasteiger partial charge in [0.1, 0.15) is 0 Å². The summed E-state index contributed by atoms with van der Waals surface area (Å²) in [5.74, 6) is 0.863. The monoisotopic (exact) mass is 235 g/mol. The Labute approximate surface area is 90.6 Å². The molecule has 3 nitrogen and oxygen atoms in total. The van der Waals surface area contributed by atoms with E-state index in [1.54, 1.807) is 28.6 Å². The third kappa shape index (κ3) is 3.54. The van der Waals surface area contributed by atoms with E-state index in [0.717, 1.165) is 20.8 Å². The predicted molar refractivity (Wildman–Crippen MR) is 59.8 cm³/mol. The van der Waals surface area contributed by atoms with Crippen LogP contribution >= 0.6 is 34.7 Å². The molecule has 0 unspecified atom stereocenters. The van der Waals surface area contributed by atoms with Crippen LogP contribution in [0.5, 0.6) is 0 Å². The van der Waals surface area contributed by atoms with Gasteiger partial charge in [0.15, 0.2) is 4.34 Å². The van der Waals surface area contributed by atoms with Crippen molar-refractivity contribution in [1.29, 1.82) is 0 Å². The average Bonchev–Trinajstić information content (AvgIpc) is 2.61. The lowest BCUT2D eigenvalue weighted by molar-refractivity contribution is 1.01. The Bertz CT molecular complexity index is 298. The number of nitrogens with zero attached hydrogens (tertiary/aromatic N) is 2. The minimum absolute atomic E-state index is 0.843. The van der Waals surface area contributed by atoms with Gasteiger partial charge in [0.25, 0.3) is 0 Å². The predicted octanol–water partition coefficient (Wildman–Crippen LogP) is 2.81. The van der Waals surface area contributed by atoms with Gasteiger partial charge < -0.3 is 5.32 Å². The summed E-state index contributed by atoms with van der Waals surface area (Å²) in [6.45, 7) is 1.99. The second kappa shape index (κ2) is 5.47. The van der Waals surface area contributed by atoms with Gasteiger partial charge in [-0.25, -0.2) is 0 Å². The largest absolute Gasteiger partial charge is 0.363 e. The van der Waals surface area contributed by atoms with Gasteiger partial charge in [-0.05, 0) is 6.92 Å². The van der Waals surface area contributed by atoms with Gasteiger partial charge in [-0.1, -0.05) is 40.3 Å². The molecule has 1 heterocycles. The fraction of sp³-hybridized carbons (Fsp3) is 0.429. The van der Waals surface area contributed by atoms with Gasteiger partial charge in [0, 0.05) is 18.3 Å². The van der Waals surface area contributed by atoms with Gasteiger partial charge >= 0.3 is 0 Å². The molecule has 0 aromatic carbocycles. The first-order valence-corrected chi connectivity index (χ1v) is 5.90. The molecule has 1 aromatic rings. The Morgan fingerprint density at radius 3 is 3.00 bits per heavy atom. The summed E-state index contributed by atoms with van der Waals surface area (Å²) in [4.78, 5) is 0. The van der Waals surface area contributed by atoms with Crippen molar-refractivity contribution >= 4 is 39.8 Å². The fourth-order valence-corrected chi connectivity index (χ4v) is 2.36. The molecular formula is C7H10ClN3S2. The van der Waals surface area contributed by atoms with Crippen LogP contribution in [0.15, 0.2) is 15.4 Å². The van der Waals surface area contributed by atoms with Crippen LogP contribution in [-0.2, 0) is 0 Å². The highest BCUT2D eigenvalue weighted by atomic mass is 35.5. The van der Waals surface area contributed by atoms with Crippen molar-refractivity contribution in [3.63, 3.8) is 0 Å². The van der Waals surface area contributed by atoms with Crippen LogP contribution < -0.4 is 5.32 Å². The van der Waals surface area contributed by atoms with E-state index in [1.165, 1.54) is 0 Å². The van der Waals surface area contributed by atoms with E-state index in [0.29, 0.717) is 0 Å². The summed E-state index contributed by atoms with van der Waals surface area (Å²) < 4.78 is 0.960. The van der Waals surface area contributed by atoms with Crippen LogP contribution in [0, 0.1) is 0 Å². The molecule has 0 fully saturated rings. The van der Waals surface area contributed by atoms with Crippen molar-refractivity contribution in [2.45, 2.75) is 11.3 Å². The standard InChI is InChI=1S/C7H10ClN3S2/c1-5(3-8)4-12-7-11-10-6(9-2)13-7/h3H,4H2,1-2H3,(H,9,10)/b5-3+. The first kappa shape index (κ1) is 10.8. The molecular weight excluding hydrogens is 226 g/mol. The number of rotatable bonds is 4. The number of hydrogen-bond donors (Lipinski definition) is 1. The van der Waals surface area contributed by atoms with E-state index in [-0.39, 0.29) is 0 Å². The molecule has 0 aliphatic carbocycles. The molecule has 0 aliphatic heterocycles. The van der Waals surface area contributed by atoms with Crippen molar-refractivity contribution in [2.24, 2.45) is 0 Å². The van der Waals surface area contributed by atoms with E-state index in [9.17, 15) is 0 Å². The zero-order valence-electron chi connectivity index (χ0n) is 7.37. The Hall–Kier alpha value is -0.260. The van der Waals surface area contributed by atoms with E-state index >= 15 is 0 Å². The van der Waals surface area contributed by atoms with Gasteiger partial charge in [0.2, 0.25) is 5.13 Å². The van der Waals surface area contributed by atoms with Crippen LogP contribution in [0.25, 0.3) is 0 Å². The first-order valence-electron chi connectivity index (χ1n) is 3.66. The van der Waals surface area contributed by atoms with Crippen LogP contribution in [0.3, 0.4) is 0 Å². The smallest absolute Gasteiger partial charge is 0.206 e. The topological polar surface area (TPSA) is 37.8 Å². The van der Waals surface area contributed by atoms with Crippen molar-refractivity contribution in [2.75, 3.05) is 18.1 Å². The Morgan fingerprint density at radius 1 is 1.69 bits per heavy atom. The van der Waals surface area contributed by atoms with E-state index in [4.69, 9.17) is 11.6 Å². The normalized spacial score (nSPS) is 11.8. The highest BCUT2D eigenvalue weighted by molar-refractivity contribution is 8.01. The molecule has 72 valence electrons. The molecule has 1 aromatic heterocycles. The third-order valence-electron chi connectivity index (χ3n) is 1.23. The lowest BCUT2D eigenvalue weighted by Gasteiger charge is -1.94. The maximum atomic E-state index is 5.53. The van der Waals surface area contributed by atoms with Crippen molar-refractivity contribution in [1.82, 2.24) is 10.2 Å². The average molecular weight is 236 g/mol. The van der Waals surface area contributed by atoms with Crippen molar-refractivity contribution in [3.05, 3.63) is 11.1 Å². The summed E-state index contributed by atoms with van der Waals surface area (Å²) in [6, 6.07) is 0. The minimum atomic E-state index is 0.843. The summed E-state index contributed by atoms with van der Waals surface area (Å²) in [6.07, 6.45) is 0. The summed E-state index contributed by atoms with van der Waals surface area (Å²) in [5, 5.41) is 11.7. The van der Waals surface area contributed by atoms with Gasteiger partial charge in [-0.3, -0.25) is 0 Å². The number of anilines is 1. The van der Waals surface area contributed by atoms with E-state index < -0.39 is 0 Å². The Kier molecular flexibility index (Phi) is 4.55. The molecule has 0 spiro atoms. The van der Waals surface area contributed by atoms with Crippen LogP contribution in [0.4, 0.5) is 5.13 Å². The molecule has 0 amide bonds. The molecule has 13 heavy (non-hydrogen) atoms. The first-order chi connectivity index (χ1) is 6.26. The zero-order chi connectivity index (χ0) is 9.68. The molecule has 0 aliphatic rings. The lowest BCUT2D eigenvalue weighted by Crippen LogP contribution is -1.84. The number of nitrogens with one attached hydrogen (secondary N) is 1. The number of halogens is 1. The SMILES string of the molecule is CNc1nnc(SC/C(C)=C/Cl)s1. The highest BCUT2D eigenvalue weighted by Gasteiger charge is 2.02. The van der Waals surface area contributed by atoms with Crippen LogP contribution in [0.2, 0.25) is 0 Å². The zero-order valence-corrected chi connectivity index (χ0v) is 9.76. The minimum Gasteiger partial charge on any atom is -0.363 e. The molecule has 1 rings (SSSR count). The summed E-state index contributed by atoms with van der Waals surface area (Å²) in [7, 11) is 1.83. The van der Waals surface area contributed by atoms with Gasteiger partial charge in [-0.2, -0.15) is 0 Å². The summed E-state index contributed by atoms with van der Waals surface area (Å²) in [5.41, 5.74) is 2.72. The molecule has 1 N–H and O–H groups in total. The Morgan fingerprint density at radius 2 is 2.46 bits per heavy atom. The van der Waals surface area contributed by atoms with Crippen molar-refractivity contribution < 1.29 is 0 Å². The highest BCUT2D eigenvalue weighted by Crippen LogP contribution is 2.26. The number of thioether (sulfide) groups is 1. The fourth-order valence-electron chi connectivity index (χ4n) is 0.576. The Balaban J connectivity index is 2.45. The van der Waals surface area contributed by atoms with Crippen LogP contribution in [-0.4, -0.2) is 23.0 Å². The van der Waals surface area contributed by atoms with Crippen LogP contribution in [0.1, 0.15) is 6.92 Å². The number of hydrogen-bond acceptors (Lipinski definition) is 5. The van der Waals surface area contributed by atoms with Gasteiger partial charge in [0.05, 0.1) is 0 Å². The second-order valence-electron chi connectivity index (χ2n) is 2.37. The second-order valence-corrected chi connectivity index (χ2v) is 4.79.